The molecule has 1 aromatic heterocycles. The standard InChI is InChI=1S/C13H18N2O2/c1-3-11(13(16)17)6-9-15-10(2)12-4-7-14-8-5-12/h4-8,10,15H,3,9H2,1-2H3,(H,16,17)/b11-6-. The van der Waals surface area contributed by atoms with Gasteiger partial charge >= 0.3 is 5.97 Å². The molecule has 1 unspecified atom stereocenters. The Morgan fingerprint density at radius 1 is 1.53 bits per heavy atom. The van der Waals surface area contributed by atoms with Crippen molar-refractivity contribution >= 4 is 5.97 Å². The van der Waals surface area contributed by atoms with Crippen molar-refractivity contribution in [1.82, 2.24) is 10.3 Å². The first kappa shape index (κ1) is 13.4. The Morgan fingerprint density at radius 3 is 2.71 bits per heavy atom. The predicted molar refractivity (Wildman–Crippen MR) is 66.7 cm³/mol. The second-order valence-electron chi connectivity index (χ2n) is 3.80. The normalized spacial score (nSPS) is 13.4. The minimum Gasteiger partial charge on any atom is -0.478 e. The summed E-state index contributed by atoms with van der Waals surface area (Å²) in [4.78, 5) is 14.7. The van der Waals surface area contributed by atoms with E-state index in [0.717, 1.165) is 5.56 Å². The summed E-state index contributed by atoms with van der Waals surface area (Å²) in [5.41, 5.74) is 1.58. The molecule has 1 rings (SSSR count). The van der Waals surface area contributed by atoms with Crippen LogP contribution < -0.4 is 5.32 Å². The second-order valence-corrected chi connectivity index (χ2v) is 3.80. The molecule has 17 heavy (non-hydrogen) atoms. The molecule has 0 spiro atoms. The van der Waals surface area contributed by atoms with E-state index in [2.05, 4.69) is 10.3 Å². The number of rotatable bonds is 6. The van der Waals surface area contributed by atoms with E-state index in [1.807, 2.05) is 26.0 Å². The van der Waals surface area contributed by atoms with E-state index in [-0.39, 0.29) is 6.04 Å². The maximum Gasteiger partial charge on any atom is 0.331 e. The van der Waals surface area contributed by atoms with Gasteiger partial charge in [-0.1, -0.05) is 13.0 Å². The van der Waals surface area contributed by atoms with Crippen molar-refractivity contribution in [3.8, 4) is 0 Å². The number of carboxylic acids is 1. The molecular formula is C13H18N2O2. The third kappa shape index (κ3) is 4.36. The lowest BCUT2D eigenvalue weighted by atomic mass is 10.1. The minimum atomic E-state index is -0.842. The summed E-state index contributed by atoms with van der Waals surface area (Å²) in [6.45, 7) is 4.43. The molecular weight excluding hydrogens is 216 g/mol. The summed E-state index contributed by atoms with van der Waals surface area (Å²) in [7, 11) is 0. The van der Waals surface area contributed by atoms with E-state index in [1.165, 1.54) is 0 Å². The molecule has 4 heteroatoms. The van der Waals surface area contributed by atoms with Gasteiger partial charge in [-0.3, -0.25) is 4.98 Å². The number of carboxylic acid groups (broad SMARTS) is 1. The van der Waals surface area contributed by atoms with Gasteiger partial charge in [0.05, 0.1) is 0 Å². The van der Waals surface area contributed by atoms with Gasteiger partial charge in [-0.2, -0.15) is 0 Å². The molecule has 0 amide bonds. The van der Waals surface area contributed by atoms with E-state index in [1.54, 1.807) is 18.5 Å². The Morgan fingerprint density at radius 2 is 2.18 bits per heavy atom. The van der Waals surface area contributed by atoms with E-state index in [4.69, 9.17) is 5.11 Å². The lowest BCUT2D eigenvalue weighted by Gasteiger charge is -2.12. The molecule has 0 aliphatic rings. The molecule has 0 aliphatic heterocycles. The molecule has 0 bridgehead atoms. The van der Waals surface area contributed by atoms with Crippen molar-refractivity contribution in [1.29, 1.82) is 0 Å². The number of hydrogen-bond donors (Lipinski definition) is 2. The molecule has 92 valence electrons. The fourth-order valence-electron chi connectivity index (χ4n) is 1.51. The summed E-state index contributed by atoms with van der Waals surface area (Å²) in [5.74, 6) is -0.842. The number of nitrogens with zero attached hydrogens (tertiary/aromatic N) is 1. The lowest BCUT2D eigenvalue weighted by molar-refractivity contribution is -0.132. The van der Waals surface area contributed by atoms with Gasteiger partial charge in [-0.15, -0.1) is 0 Å². The third-order valence-electron chi connectivity index (χ3n) is 2.63. The summed E-state index contributed by atoms with van der Waals surface area (Å²) in [6, 6.07) is 4.07. The van der Waals surface area contributed by atoms with Crippen molar-refractivity contribution in [3.63, 3.8) is 0 Å². The smallest absolute Gasteiger partial charge is 0.331 e. The highest BCUT2D eigenvalue weighted by atomic mass is 16.4. The van der Waals surface area contributed by atoms with Crippen LogP contribution in [0.1, 0.15) is 31.9 Å². The summed E-state index contributed by atoms with van der Waals surface area (Å²) >= 11 is 0. The predicted octanol–water partition coefficient (Wildman–Crippen LogP) is 2.15. The first-order valence-electron chi connectivity index (χ1n) is 5.70. The van der Waals surface area contributed by atoms with Gasteiger partial charge in [0.1, 0.15) is 0 Å². The van der Waals surface area contributed by atoms with Gasteiger partial charge in [0.15, 0.2) is 0 Å². The Kier molecular flexibility index (Phi) is 5.36. The molecule has 0 aliphatic carbocycles. The number of aromatic nitrogens is 1. The van der Waals surface area contributed by atoms with Gasteiger partial charge in [-0.25, -0.2) is 4.79 Å². The van der Waals surface area contributed by atoms with E-state index in [0.29, 0.717) is 18.5 Å². The molecule has 4 nitrogen and oxygen atoms in total. The van der Waals surface area contributed by atoms with Gasteiger partial charge in [-0.05, 0) is 31.0 Å². The van der Waals surface area contributed by atoms with E-state index >= 15 is 0 Å². The first-order chi connectivity index (χ1) is 8.15. The highest BCUT2D eigenvalue weighted by Gasteiger charge is 2.05. The number of nitrogens with one attached hydrogen (secondary N) is 1. The summed E-state index contributed by atoms with van der Waals surface area (Å²) < 4.78 is 0. The number of pyridine rings is 1. The van der Waals surface area contributed by atoms with Gasteiger partial charge in [0, 0.05) is 30.6 Å². The van der Waals surface area contributed by atoms with Gasteiger partial charge in [0.25, 0.3) is 0 Å². The van der Waals surface area contributed by atoms with Crippen molar-refractivity contribution < 1.29 is 9.90 Å². The van der Waals surface area contributed by atoms with Crippen LogP contribution >= 0.6 is 0 Å². The fraction of sp³-hybridized carbons (Fsp3) is 0.385. The molecule has 0 fully saturated rings. The molecule has 0 saturated carbocycles. The number of hydrogen-bond acceptors (Lipinski definition) is 3. The van der Waals surface area contributed by atoms with Crippen LogP contribution in [0, 0.1) is 0 Å². The Hall–Kier alpha value is -1.68. The van der Waals surface area contributed by atoms with Crippen LogP contribution in [-0.2, 0) is 4.79 Å². The van der Waals surface area contributed by atoms with Gasteiger partial charge < -0.3 is 10.4 Å². The van der Waals surface area contributed by atoms with Crippen molar-refractivity contribution in [2.75, 3.05) is 6.54 Å². The van der Waals surface area contributed by atoms with E-state index < -0.39 is 5.97 Å². The minimum absolute atomic E-state index is 0.182. The molecule has 1 aromatic rings. The highest BCUT2D eigenvalue weighted by molar-refractivity contribution is 5.86. The van der Waals surface area contributed by atoms with Crippen LogP contribution in [0.5, 0.6) is 0 Å². The van der Waals surface area contributed by atoms with Crippen molar-refractivity contribution in [3.05, 3.63) is 41.7 Å². The zero-order valence-electron chi connectivity index (χ0n) is 10.2. The zero-order chi connectivity index (χ0) is 12.7. The van der Waals surface area contributed by atoms with E-state index in [9.17, 15) is 4.79 Å². The molecule has 2 N–H and O–H groups in total. The summed E-state index contributed by atoms with van der Waals surface area (Å²) in [6.07, 6.45) is 5.76. The van der Waals surface area contributed by atoms with Crippen LogP contribution in [0.4, 0.5) is 0 Å². The highest BCUT2D eigenvalue weighted by Crippen LogP contribution is 2.09. The Labute approximate surface area is 101 Å². The van der Waals surface area contributed by atoms with Crippen molar-refractivity contribution in [2.24, 2.45) is 0 Å². The maximum atomic E-state index is 10.8. The molecule has 0 radical (unpaired) electrons. The van der Waals surface area contributed by atoms with Crippen molar-refractivity contribution in [2.45, 2.75) is 26.3 Å². The maximum absolute atomic E-state index is 10.8. The average molecular weight is 234 g/mol. The molecule has 1 heterocycles. The Balaban J connectivity index is 2.49. The largest absolute Gasteiger partial charge is 0.478 e. The van der Waals surface area contributed by atoms with Gasteiger partial charge in [0.2, 0.25) is 0 Å². The zero-order valence-corrected chi connectivity index (χ0v) is 10.2. The molecule has 0 saturated heterocycles. The van der Waals surface area contributed by atoms with Crippen LogP contribution in [-0.4, -0.2) is 22.6 Å². The lowest BCUT2D eigenvalue weighted by Crippen LogP contribution is -2.19. The molecule has 1 atom stereocenters. The van der Waals surface area contributed by atoms with Crippen LogP contribution in [0.15, 0.2) is 36.2 Å². The quantitative estimate of drug-likeness (QED) is 0.740. The number of aliphatic carboxylic acids is 1. The topological polar surface area (TPSA) is 62.2 Å². The average Bonchev–Trinajstić information content (AvgIpc) is 2.35. The SMILES string of the molecule is CC/C(=C/CNC(C)c1ccncc1)C(=O)O. The number of carbonyl (C=O) groups is 1. The van der Waals surface area contributed by atoms with Crippen LogP contribution in [0.25, 0.3) is 0 Å². The van der Waals surface area contributed by atoms with Crippen LogP contribution in [0.2, 0.25) is 0 Å². The monoisotopic (exact) mass is 234 g/mol. The first-order valence-corrected chi connectivity index (χ1v) is 5.70. The fourth-order valence-corrected chi connectivity index (χ4v) is 1.51. The summed E-state index contributed by atoms with van der Waals surface area (Å²) in [5, 5.41) is 12.1. The van der Waals surface area contributed by atoms with Crippen LogP contribution in [0.3, 0.4) is 0 Å². The molecule has 0 aromatic carbocycles. The second kappa shape index (κ2) is 6.81. The Bertz CT molecular complexity index is 388. The third-order valence-corrected chi connectivity index (χ3v) is 2.63.